The number of hydrogen-bond donors (Lipinski definition) is 1. The van der Waals surface area contributed by atoms with E-state index in [9.17, 15) is 18.0 Å². The quantitative estimate of drug-likeness (QED) is 0.372. The zero-order chi connectivity index (χ0) is 20.9. The summed E-state index contributed by atoms with van der Waals surface area (Å²) in [5, 5.41) is 10.5. The van der Waals surface area contributed by atoms with Crippen LogP contribution in [0.15, 0.2) is 22.5 Å². The van der Waals surface area contributed by atoms with Crippen molar-refractivity contribution in [3.05, 3.63) is 29.3 Å². The number of nitrogens with zero attached hydrogens (tertiary/aromatic N) is 3. The molecule has 0 aliphatic rings. The Kier molecular flexibility index (Phi) is 7.38. The number of para-hydroxylation sites is 1. The summed E-state index contributed by atoms with van der Waals surface area (Å²) < 4.78 is 30.7. The summed E-state index contributed by atoms with van der Waals surface area (Å²) in [5.41, 5.74) is 1.97. The zero-order valence-electron chi connectivity index (χ0n) is 15.8. The molecule has 0 bridgehead atoms. The van der Waals surface area contributed by atoms with Crippen LogP contribution >= 0.6 is 23.1 Å². The van der Waals surface area contributed by atoms with Gasteiger partial charge in [0.05, 0.1) is 24.8 Å². The summed E-state index contributed by atoms with van der Waals surface area (Å²) in [4.78, 5) is 23.6. The number of carbonyl (C=O) groups is 2. The largest absolute Gasteiger partial charge is 0.468 e. The fourth-order valence-corrected chi connectivity index (χ4v) is 4.92. The Bertz CT molecular complexity index is 954. The standard InChI is InChI=1S/C16H20N4O5S3/c1-10-6-5-7-11(2)14(10)20(28(4,23)24)8-12(21)17-15-18-19-16(27-15)26-9-13(22)25-3/h5-7H,8-9H2,1-4H3,(H,17,18,21). The summed E-state index contributed by atoms with van der Waals surface area (Å²) in [5.74, 6) is -0.870. The number of benzene rings is 1. The van der Waals surface area contributed by atoms with Crippen molar-refractivity contribution in [2.24, 2.45) is 0 Å². The summed E-state index contributed by atoms with van der Waals surface area (Å²) in [6.07, 6.45) is 1.05. The number of aromatic nitrogens is 2. The molecule has 9 nitrogen and oxygen atoms in total. The Morgan fingerprint density at radius 2 is 1.89 bits per heavy atom. The van der Waals surface area contributed by atoms with Gasteiger partial charge in [-0.25, -0.2) is 8.42 Å². The first-order valence-corrected chi connectivity index (χ1v) is 11.6. The van der Waals surface area contributed by atoms with Gasteiger partial charge >= 0.3 is 5.97 Å². The lowest BCUT2D eigenvalue weighted by atomic mass is 10.1. The van der Waals surface area contributed by atoms with Crippen LogP contribution in [0.5, 0.6) is 0 Å². The van der Waals surface area contributed by atoms with Crippen molar-refractivity contribution in [2.75, 3.05) is 35.3 Å². The number of carbonyl (C=O) groups excluding carboxylic acids is 2. The third-order valence-corrected chi connectivity index (χ3v) is 6.63. The number of amides is 1. The van der Waals surface area contributed by atoms with E-state index >= 15 is 0 Å². The van der Waals surface area contributed by atoms with Gasteiger partial charge < -0.3 is 4.74 Å². The van der Waals surface area contributed by atoms with Crippen molar-refractivity contribution in [3.63, 3.8) is 0 Å². The molecule has 152 valence electrons. The van der Waals surface area contributed by atoms with Crippen molar-refractivity contribution in [1.29, 1.82) is 0 Å². The van der Waals surface area contributed by atoms with Crippen LogP contribution in [-0.4, -0.2) is 56.2 Å². The predicted octanol–water partition coefficient (Wildman–Crippen LogP) is 1.82. The number of hydrogen-bond acceptors (Lipinski definition) is 9. The highest BCUT2D eigenvalue weighted by Gasteiger charge is 2.24. The molecule has 1 heterocycles. The van der Waals surface area contributed by atoms with E-state index in [2.05, 4.69) is 20.3 Å². The topological polar surface area (TPSA) is 119 Å². The fraction of sp³-hybridized carbons (Fsp3) is 0.375. The summed E-state index contributed by atoms with van der Waals surface area (Å²) in [6, 6.07) is 5.39. The molecule has 0 saturated carbocycles. The van der Waals surface area contributed by atoms with E-state index < -0.39 is 28.4 Å². The van der Waals surface area contributed by atoms with E-state index in [0.717, 1.165) is 44.8 Å². The molecule has 1 amide bonds. The molecular formula is C16H20N4O5S3. The summed E-state index contributed by atoms with van der Waals surface area (Å²) >= 11 is 2.22. The van der Waals surface area contributed by atoms with Gasteiger partial charge in [-0.15, -0.1) is 10.2 Å². The van der Waals surface area contributed by atoms with Crippen LogP contribution in [0.25, 0.3) is 0 Å². The molecule has 1 aromatic heterocycles. The number of esters is 1. The Labute approximate surface area is 171 Å². The number of ether oxygens (including phenoxy) is 1. The number of anilines is 2. The molecule has 0 saturated heterocycles. The Hall–Kier alpha value is -2.18. The molecule has 2 aromatic rings. The van der Waals surface area contributed by atoms with E-state index in [1.54, 1.807) is 26.0 Å². The molecule has 12 heteroatoms. The van der Waals surface area contributed by atoms with Crippen LogP contribution in [0.1, 0.15) is 11.1 Å². The van der Waals surface area contributed by atoms with Gasteiger partial charge in [0.15, 0.2) is 4.34 Å². The Balaban J connectivity index is 2.11. The number of aryl methyl sites for hydroxylation is 2. The molecule has 1 aromatic carbocycles. The van der Waals surface area contributed by atoms with Crippen molar-refractivity contribution < 1.29 is 22.7 Å². The first kappa shape index (κ1) is 22.1. The maximum absolute atomic E-state index is 12.4. The number of sulfonamides is 1. The van der Waals surface area contributed by atoms with E-state index in [0.29, 0.717) is 10.0 Å². The van der Waals surface area contributed by atoms with Crippen LogP contribution in [0.2, 0.25) is 0 Å². The van der Waals surface area contributed by atoms with Gasteiger partial charge in [0.2, 0.25) is 21.1 Å². The van der Waals surface area contributed by atoms with Crippen molar-refractivity contribution in [1.82, 2.24) is 10.2 Å². The van der Waals surface area contributed by atoms with Crippen LogP contribution in [-0.2, 0) is 24.3 Å². The van der Waals surface area contributed by atoms with E-state index in [-0.39, 0.29) is 10.9 Å². The number of nitrogens with one attached hydrogen (secondary N) is 1. The highest BCUT2D eigenvalue weighted by Crippen LogP contribution is 2.28. The fourth-order valence-electron chi connectivity index (χ4n) is 2.35. The SMILES string of the molecule is COC(=O)CSc1nnc(NC(=O)CN(c2c(C)cccc2C)S(C)(=O)=O)s1. The van der Waals surface area contributed by atoms with Crippen molar-refractivity contribution >= 4 is 55.8 Å². The second-order valence-corrected chi connectivity index (χ2v) is 9.90. The first-order valence-electron chi connectivity index (χ1n) is 7.98. The van der Waals surface area contributed by atoms with Crippen molar-refractivity contribution in [3.8, 4) is 0 Å². The minimum atomic E-state index is -3.68. The monoisotopic (exact) mass is 444 g/mol. The molecule has 28 heavy (non-hydrogen) atoms. The molecule has 2 rings (SSSR count). The summed E-state index contributed by atoms with van der Waals surface area (Å²) in [6.45, 7) is 3.18. The number of rotatable bonds is 8. The zero-order valence-corrected chi connectivity index (χ0v) is 18.2. The molecule has 1 N–H and O–H groups in total. The molecule has 0 spiro atoms. The Morgan fingerprint density at radius 1 is 1.25 bits per heavy atom. The smallest absolute Gasteiger partial charge is 0.316 e. The van der Waals surface area contributed by atoms with Crippen LogP contribution in [0.4, 0.5) is 10.8 Å². The average molecular weight is 445 g/mol. The van der Waals surface area contributed by atoms with Gasteiger partial charge in [-0.3, -0.25) is 19.2 Å². The lowest BCUT2D eigenvalue weighted by Gasteiger charge is -2.25. The van der Waals surface area contributed by atoms with Crippen LogP contribution < -0.4 is 9.62 Å². The molecule has 0 aliphatic carbocycles. The predicted molar refractivity (Wildman–Crippen MR) is 109 cm³/mol. The van der Waals surface area contributed by atoms with Gasteiger partial charge in [0, 0.05) is 0 Å². The normalized spacial score (nSPS) is 11.1. The van der Waals surface area contributed by atoms with E-state index in [4.69, 9.17) is 0 Å². The molecule has 0 fully saturated rings. The lowest BCUT2D eigenvalue weighted by Crippen LogP contribution is -2.38. The number of methoxy groups -OCH3 is 1. The third-order valence-electron chi connectivity index (χ3n) is 3.57. The minimum absolute atomic E-state index is 0.0769. The highest BCUT2D eigenvalue weighted by molar-refractivity contribution is 8.01. The van der Waals surface area contributed by atoms with E-state index in [1.807, 2.05) is 6.07 Å². The Morgan fingerprint density at radius 3 is 2.46 bits per heavy atom. The molecular weight excluding hydrogens is 424 g/mol. The first-order chi connectivity index (χ1) is 13.1. The average Bonchev–Trinajstić information content (AvgIpc) is 3.05. The van der Waals surface area contributed by atoms with Gasteiger partial charge in [0.25, 0.3) is 0 Å². The van der Waals surface area contributed by atoms with Crippen molar-refractivity contribution in [2.45, 2.75) is 18.2 Å². The second-order valence-electron chi connectivity index (χ2n) is 5.80. The maximum Gasteiger partial charge on any atom is 0.316 e. The molecule has 0 atom stereocenters. The molecule has 0 aliphatic heterocycles. The second kappa shape index (κ2) is 9.34. The number of thioether (sulfide) groups is 1. The van der Waals surface area contributed by atoms with Crippen LogP contribution in [0, 0.1) is 13.8 Å². The van der Waals surface area contributed by atoms with Gasteiger partial charge in [0.1, 0.15) is 6.54 Å². The van der Waals surface area contributed by atoms with Gasteiger partial charge in [-0.05, 0) is 25.0 Å². The van der Waals surface area contributed by atoms with Crippen LogP contribution in [0.3, 0.4) is 0 Å². The third kappa shape index (κ3) is 5.91. The lowest BCUT2D eigenvalue weighted by molar-refractivity contribution is -0.137. The van der Waals surface area contributed by atoms with E-state index in [1.165, 1.54) is 7.11 Å². The minimum Gasteiger partial charge on any atom is -0.468 e. The maximum atomic E-state index is 12.4. The summed E-state index contributed by atoms with van der Waals surface area (Å²) in [7, 11) is -2.39. The molecule has 0 radical (unpaired) electrons. The van der Waals surface area contributed by atoms with Gasteiger partial charge in [-0.1, -0.05) is 41.3 Å². The highest BCUT2D eigenvalue weighted by atomic mass is 32.2. The van der Waals surface area contributed by atoms with Gasteiger partial charge in [-0.2, -0.15) is 0 Å². The molecule has 0 unspecified atom stereocenters.